The number of amides is 1. The van der Waals surface area contributed by atoms with Gasteiger partial charge in [-0.1, -0.05) is 13.0 Å². The molecule has 0 aromatic heterocycles. The van der Waals surface area contributed by atoms with Gasteiger partial charge in [0.15, 0.2) is 0 Å². The number of hydrogen-bond donors (Lipinski definition) is 2. The topological polar surface area (TPSA) is 87.7 Å². The van der Waals surface area contributed by atoms with E-state index in [0.717, 1.165) is 25.6 Å². The number of ether oxygens (including phenoxy) is 1. The molecule has 2 aromatic carbocycles. The number of benzene rings is 2. The van der Waals surface area contributed by atoms with Crippen LogP contribution in [-0.2, 0) is 10.0 Å². The Morgan fingerprint density at radius 1 is 1.13 bits per heavy atom. The minimum absolute atomic E-state index is 0.0842. The summed E-state index contributed by atoms with van der Waals surface area (Å²) in [5.41, 5.74) is 1.32. The van der Waals surface area contributed by atoms with Gasteiger partial charge in [0.1, 0.15) is 5.75 Å². The van der Waals surface area contributed by atoms with Gasteiger partial charge in [0, 0.05) is 24.3 Å². The normalized spacial score (nSPS) is 15.5. The molecular weight excluding hydrogens is 414 g/mol. The maximum Gasteiger partial charge on any atom is 0.262 e. The van der Waals surface area contributed by atoms with Crippen LogP contribution >= 0.6 is 0 Å². The number of carbonyl (C=O) groups excluding carboxylic acids is 1. The van der Waals surface area contributed by atoms with Crippen LogP contribution in [0.3, 0.4) is 0 Å². The molecule has 0 unspecified atom stereocenters. The zero-order valence-electron chi connectivity index (χ0n) is 18.3. The Bertz CT molecular complexity index is 998. The Labute approximate surface area is 184 Å². The van der Waals surface area contributed by atoms with Crippen molar-refractivity contribution in [3.63, 3.8) is 0 Å². The van der Waals surface area contributed by atoms with Crippen LogP contribution in [0, 0.1) is 12.8 Å². The van der Waals surface area contributed by atoms with E-state index >= 15 is 0 Å². The highest BCUT2D eigenvalue weighted by Crippen LogP contribution is 2.22. The molecule has 1 saturated heterocycles. The van der Waals surface area contributed by atoms with Gasteiger partial charge in [0.05, 0.1) is 12.0 Å². The van der Waals surface area contributed by atoms with Gasteiger partial charge in [-0.2, -0.15) is 0 Å². The van der Waals surface area contributed by atoms with Gasteiger partial charge in [-0.05, 0) is 80.7 Å². The average molecular weight is 446 g/mol. The predicted octanol–water partition coefficient (Wildman–Crippen LogP) is 3.27. The van der Waals surface area contributed by atoms with Crippen molar-refractivity contribution in [2.24, 2.45) is 5.92 Å². The first-order valence-electron chi connectivity index (χ1n) is 10.6. The van der Waals surface area contributed by atoms with Crippen LogP contribution in [0.25, 0.3) is 0 Å². The molecule has 168 valence electrons. The predicted molar refractivity (Wildman–Crippen MR) is 122 cm³/mol. The van der Waals surface area contributed by atoms with Crippen LogP contribution in [0.5, 0.6) is 5.75 Å². The van der Waals surface area contributed by atoms with Gasteiger partial charge in [-0.25, -0.2) is 8.42 Å². The second kappa shape index (κ2) is 10.2. The van der Waals surface area contributed by atoms with Crippen molar-refractivity contribution < 1.29 is 17.9 Å². The van der Waals surface area contributed by atoms with Crippen molar-refractivity contribution in [3.05, 3.63) is 53.6 Å². The average Bonchev–Trinajstić information content (AvgIpc) is 2.75. The third-order valence-electron chi connectivity index (χ3n) is 5.67. The van der Waals surface area contributed by atoms with E-state index in [1.807, 2.05) is 0 Å². The number of likely N-dealkylation sites (tertiary alicyclic amines) is 1. The summed E-state index contributed by atoms with van der Waals surface area (Å²) >= 11 is 0. The highest BCUT2D eigenvalue weighted by molar-refractivity contribution is 7.92. The van der Waals surface area contributed by atoms with Gasteiger partial charge in [0.2, 0.25) is 0 Å². The molecule has 0 bridgehead atoms. The molecule has 0 spiro atoms. The van der Waals surface area contributed by atoms with Crippen molar-refractivity contribution in [2.45, 2.75) is 31.6 Å². The summed E-state index contributed by atoms with van der Waals surface area (Å²) in [5.74, 6) is 1.13. The lowest BCUT2D eigenvalue weighted by molar-refractivity contribution is 0.0944. The lowest BCUT2D eigenvalue weighted by atomic mass is 9.99. The maximum absolute atomic E-state index is 12.9. The maximum atomic E-state index is 12.9. The first kappa shape index (κ1) is 23.1. The van der Waals surface area contributed by atoms with Crippen LogP contribution in [0.2, 0.25) is 0 Å². The molecule has 7 nitrogen and oxygen atoms in total. The summed E-state index contributed by atoms with van der Waals surface area (Å²) in [4.78, 5) is 15.0. The molecule has 1 aliphatic heterocycles. The second-order valence-electron chi connectivity index (χ2n) is 8.09. The fraction of sp³-hybridized carbons (Fsp3) is 0.435. The third kappa shape index (κ3) is 6.21. The van der Waals surface area contributed by atoms with Gasteiger partial charge in [-0.15, -0.1) is 0 Å². The standard InChI is InChI=1S/C23H31N3O4S/c1-17-10-13-26(14-11-17)15-12-24-23(27)19-5-4-18(2)22(16-19)31(28,29)25-20-6-8-21(30-3)9-7-20/h4-9,16-17,25H,10-15H2,1-3H3,(H,24,27). The Kier molecular flexibility index (Phi) is 7.56. The molecule has 1 fully saturated rings. The zero-order valence-corrected chi connectivity index (χ0v) is 19.2. The number of aryl methyl sites for hydroxylation is 1. The Morgan fingerprint density at radius 3 is 2.45 bits per heavy atom. The molecule has 0 aliphatic carbocycles. The largest absolute Gasteiger partial charge is 0.497 e. The van der Waals surface area contributed by atoms with E-state index in [9.17, 15) is 13.2 Å². The molecule has 1 heterocycles. The summed E-state index contributed by atoms with van der Waals surface area (Å²) in [6.45, 7) is 7.43. The van der Waals surface area contributed by atoms with Crippen molar-refractivity contribution >= 4 is 21.6 Å². The number of nitrogens with zero attached hydrogens (tertiary/aromatic N) is 1. The molecule has 31 heavy (non-hydrogen) atoms. The van der Waals surface area contributed by atoms with Crippen molar-refractivity contribution in [2.75, 3.05) is 38.0 Å². The van der Waals surface area contributed by atoms with E-state index in [4.69, 9.17) is 4.74 Å². The van der Waals surface area contributed by atoms with E-state index in [1.54, 1.807) is 50.4 Å². The molecule has 2 N–H and O–H groups in total. The van der Waals surface area contributed by atoms with Crippen LogP contribution in [-0.4, -0.2) is 52.5 Å². The van der Waals surface area contributed by atoms with Gasteiger partial charge in [0.25, 0.3) is 15.9 Å². The van der Waals surface area contributed by atoms with Gasteiger partial charge >= 0.3 is 0 Å². The lowest BCUT2D eigenvalue weighted by Crippen LogP contribution is -2.39. The third-order valence-corrected chi connectivity index (χ3v) is 7.20. The molecule has 8 heteroatoms. The summed E-state index contributed by atoms with van der Waals surface area (Å²) in [5, 5.41) is 2.91. The van der Waals surface area contributed by atoms with Crippen LogP contribution in [0.15, 0.2) is 47.4 Å². The van der Waals surface area contributed by atoms with E-state index in [2.05, 4.69) is 21.9 Å². The molecule has 0 radical (unpaired) electrons. The van der Waals surface area contributed by atoms with Gasteiger partial charge in [-0.3, -0.25) is 9.52 Å². The lowest BCUT2D eigenvalue weighted by Gasteiger charge is -2.30. The Hall–Kier alpha value is -2.58. The van der Waals surface area contributed by atoms with E-state index in [1.165, 1.54) is 18.9 Å². The first-order valence-corrected chi connectivity index (χ1v) is 12.0. The highest BCUT2D eigenvalue weighted by Gasteiger charge is 2.20. The van der Waals surface area contributed by atoms with E-state index in [-0.39, 0.29) is 10.8 Å². The fourth-order valence-electron chi connectivity index (χ4n) is 3.62. The fourth-order valence-corrected chi connectivity index (χ4v) is 4.95. The minimum atomic E-state index is -3.84. The van der Waals surface area contributed by atoms with Crippen LogP contribution in [0.4, 0.5) is 5.69 Å². The second-order valence-corrected chi connectivity index (χ2v) is 9.75. The zero-order chi connectivity index (χ0) is 22.4. The SMILES string of the molecule is COc1ccc(NS(=O)(=O)c2cc(C(=O)NCCN3CCC(C)CC3)ccc2C)cc1. The molecular formula is C23H31N3O4S. The number of piperidine rings is 1. The monoisotopic (exact) mass is 445 g/mol. The quantitative estimate of drug-likeness (QED) is 0.651. The Morgan fingerprint density at radius 2 is 1.81 bits per heavy atom. The molecule has 2 aromatic rings. The first-order chi connectivity index (χ1) is 14.8. The smallest absolute Gasteiger partial charge is 0.262 e. The van der Waals surface area contributed by atoms with Crippen LogP contribution < -0.4 is 14.8 Å². The number of methoxy groups -OCH3 is 1. The number of hydrogen-bond acceptors (Lipinski definition) is 5. The molecule has 1 aliphatic rings. The number of sulfonamides is 1. The van der Waals surface area contributed by atoms with E-state index < -0.39 is 10.0 Å². The summed E-state index contributed by atoms with van der Waals surface area (Å²) in [6, 6.07) is 11.4. The van der Waals surface area contributed by atoms with E-state index in [0.29, 0.717) is 29.1 Å². The summed E-state index contributed by atoms with van der Waals surface area (Å²) in [6.07, 6.45) is 2.38. The molecule has 3 rings (SSSR count). The highest BCUT2D eigenvalue weighted by atomic mass is 32.2. The number of anilines is 1. The Balaban J connectivity index is 1.64. The van der Waals surface area contributed by atoms with Crippen molar-refractivity contribution in [1.29, 1.82) is 0 Å². The molecule has 1 amide bonds. The van der Waals surface area contributed by atoms with Crippen molar-refractivity contribution in [1.82, 2.24) is 10.2 Å². The van der Waals surface area contributed by atoms with Crippen molar-refractivity contribution in [3.8, 4) is 5.75 Å². The number of carbonyl (C=O) groups is 1. The minimum Gasteiger partial charge on any atom is -0.497 e. The van der Waals surface area contributed by atoms with Crippen LogP contribution in [0.1, 0.15) is 35.7 Å². The molecule has 0 saturated carbocycles. The van der Waals surface area contributed by atoms with Gasteiger partial charge < -0.3 is 15.0 Å². The number of nitrogens with one attached hydrogen (secondary N) is 2. The summed E-state index contributed by atoms with van der Waals surface area (Å²) < 4.78 is 33.5. The molecule has 0 atom stereocenters. The summed E-state index contributed by atoms with van der Waals surface area (Å²) in [7, 11) is -2.29. The number of rotatable bonds is 8.